The summed E-state index contributed by atoms with van der Waals surface area (Å²) >= 11 is 11.9. The molecule has 0 saturated carbocycles. The molecule has 1 aromatic heterocycles. The number of hydrogen-bond donors (Lipinski definition) is 1. The minimum atomic E-state index is -0.957. The van der Waals surface area contributed by atoms with E-state index >= 15 is 0 Å². The first-order chi connectivity index (χ1) is 16.4. The first-order valence-corrected chi connectivity index (χ1v) is 11.0. The molecule has 0 spiro atoms. The lowest BCUT2D eigenvalue weighted by Gasteiger charge is -2.10. The van der Waals surface area contributed by atoms with Crippen LogP contribution in [0.4, 0.5) is 0 Å². The van der Waals surface area contributed by atoms with E-state index in [2.05, 4.69) is 6.07 Å². The van der Waals surface area contributed by atoms with Crippen molar-refractivity contribution in [1.29, 1.82) is 5.26 Å². The Bertz CT molecular complexity index is 1450. The van der Waals surface area contributed by atoms with Crippen molar-refractivity contribution in [2.75, 3.05) is 6.61 Å². The number of aromatic nitrogens is 1. The van der Waals surface area contributed by atoms with E-state index in [1.54, 1.807) is 48.5 Å². The molecule has 3 aromatic carbocycles. The van der Waals surface area contributed by atoms with Gasteiger partial charge in [0.25, 0.3) is 0 Å². The van der Waals surface area contributed by atoms with Gasteiger partial charge in [0.05, 0.1) is 39.8 Å². The number of ketones is 1. The highest BCUT2D eigenvalue weighted by atomic mass is 35.5. The zero-order chi connectivity index (χ0) is 24.2. The van der Waals surface area contributed by atoms with E-state index < -0.39 is 5.97 Å². The molecule has 0 fully saturated rings. The Morgan fingerprint density at radius 3 is 2.50 bits per heavy atom. The third-order valence-electron chi connectivity index (χ3n) is 5.29. The Morgan fingerprint density at radius 1 is 0.971 bits per heavy atom. The van der Waals surface area contributed by atoms with Gasteiger partial charge in [-0.3, -0.25) is 9.59 Å². The lowest BCUT2D eigenvalue weighted by molar-refractivity contribution is -0.136. The number of nitrogens with zero attached hydrogens (tertiary/aromatic N) is 2. The quantitative estimate of drug-likeness (QED) is 0.312. The average molecular weight is 493 g/mol. The van der Waals surface area contributed by atoms with Crippen LogP contribution in [0.3, 0.4) is 0 Å². The largest absolute Gasteiger partial charge is 0.481 e. The highest BCUT2D eigenvalue weighted by Gasteiger charge is 2.13. The fourth-order valence-electron chi connectivity index (χ4n) is 3.67. The van der Waals surface area contributed by atoms with E-state index in [-0.39, 0.29) is 25.4 Å². The maximum Gasteiger partial charge on any atom is 0.307 e. The highest BCUT2D eigenvalue weighted by molar-refractivity contribution is 6.42. The Hall–Kier alpha value is -3.63. The number of fused-ring (bicyclic) bond motifs is 1. The van der Waals surface area contributed by atoms with Gasteiger partial charge in [-0.1, -0.05) is 35.3 Å². The summed E-state index contributed by atoms with van der Waals surface area (Å²) in [5, 5.41) is 20.3. The van der Waals surface area contributed by atoms with E-state index in [4.69, 9.17) is 33.0 Å². The molecule has 0 aliphatic heterocycles. The van der Waals surface area contributed by atoms with Gasteiger partial charge >= 0.3 is 5.97 Å². The minimum Gasteiger partial charge on any atom is -0.481 e. The van der Waals surface area contributed by atoms with Gasteiger partial charge in [0.1, 0.15) is 12.7 Å². The Labute approximate surface area is 205 Å². The second-order valence-electron chi connectivity index (χ2n) is 7.66. The van der Waals surface area contributed by atoms with Crippen molar-refractivity contribution in [2.24, 2.45) is 0 Å². The van der Waals surface area contributed by atoms with Crippen LogP contribution in [0.2, 0.25) is 10.0 Å². The molecular weight excluding hydrogens is 475 g/mol. The van der Waals surface area contributed by atoms with Gasteiger partial charge in [0, 0.05) is 17.1 Å². The summed E-state index contributed by atoms with van der Waals surface area (Å²) in [5.41, 5.74) is 3.70. The molecule has 0 bridgehead atoms. The summed E-state index contributed by atoms with van der Waals surface area (Å²) in [6.07, 6.45) is 1.66. The molecule has 0 amide bonds. The van der Waals surface area contributed by atoms with Gasteiger partial charge in [0.15, 0.2) is 5.78 Å². The van der Waals surface area contributed by atoms with Crippen LogP contribution >= 0.6 is 23.2 Å². The van der Waals surface area contributed by atoms with Crippen LogP contribution in [-0.2, 0) is 22.6 Å². The Kier molecular flexibility index (Phi) is 6.99. The number of halogens is 2. The zero-order valence-electron chi connectivity index (χ0n) is 17.8. The molecule has 0 saturated heterocycles. The number of aliphatic carboxylic acids is 1. The predicted octanol–water partition coefficient (Wildman–Crippen LogP) is 5.84. The summed E-state index contributed by atoms with van der Waals surface area (Å²) in [4.78, 5) is 23.6. The third-order valence-corrected chi connectivity index (χ3v) is 6.03. The van der Waals surface area contributed by atoms with Crippen LogP contribution in [-0.4, -0.2) is 28.0 Å². The van der Waals surface area contributed by atoms with Crippen LogP contribution in [0, 0.1) is 11.3 Å². The molecule has 4 aromatic rings. The monoisotopic (exact) mass is 492 g/mol. The number of carboxylic acids is 1. The molecule has 4 rings (SSSR count). The van der Waals surface area contributed by atoms with Crippen molar-refractivity contribution in [1.82, 2.24) is 4.57 Å². The zero-order valence-corrected chi connectivity index (χ0v) is 19.3. The molecule has 0 aliphatic rings. The normalized spacial score (nSPS) is 10.9. The lowest BCUT2D eigenvalue weighted by Crippen LogP contribution is -2.09. The van der Waals surface area contributed by atoms with Crippen LogP contribution in [0.15, 0.2) is 66.9 Å². The summed E-state index contributed by atoms with van der Waals surface area (Å²) in [5.74, 6) is -1.12. The number of Topliss-reactive ketones (excluding diaryl/α,β-unsaturated/α-hetero) is 1. The van der Waals surface area contributed by atoms with Crippen LogP contribution in [0.25, 0.3) is 16.6 Å². The molecule has 0 aliphatic carbocycles. The highest BCUT2D eigenvalue weighted by Crippen LogP contribution is 2.26. The van der Waals surface area contributed by atoms with E-state index in [9.17, 15) is 14.9 Å². The van der Waals surface area contributed by atoms with Crippen LogP contribution in [0.1, 0.15) is 27.0 Å². The van der Waals surface area contributed by atoms with E-state index in [0.29, 0.717) is 32.4 Å². The number of nitriles is 1. The van der Waals surface area contributed by atoms with Gasteiger partial charge in [-0.15, -0.1) is 0 Å². The fraction of sp³-hybridized carbons (Fsp3) is 0.115. The topological polar surface area (TPSA) is 92.3 Å². The molecule has 1 heterocycles. The molecule has 8 heteroatoms. The van der Waals surface area contributed by atoms with Crippen LogP contribution < -0.4 is 0 Å². The summed E-state index contributed by atoms with van der Waals surface area (Å²) in [6.45, 7) is 0.145. The van der Waals surface area contributed by atoms with Gasteiger partial charge in [-0.2, -0.15) is 5.26 Å². The molecule has 6 nitrogen and oxygen atoms in total. The molecule has 0 unspecified atom stereocenters. The molecule has 1 N–H and O–H groups in total. The van der Waals surface area contributed by atoms with Gasteiger partial charge in [-0.05, 0) is 59.7 Å². The maximum absolute atomic E-state index is 12.6. The second-order valence-corrected chi connectivity index (χ2v) is 8.47. The molecular formula is C26H18Cl2N2O4. The first kappa shape index (κ1) is 23.5. The van der Waals surface area contributed by atoms with Crippen molar-refractivity contribution >= 4 is 45.9 Å². The standard InChI is InChI=1S/C26H18Cl2N2O4/c27-21-4-1-17(10-22(21)28)14-34-15-25(31)19-3-6-23-18(12-19)7-8-30(23)24-5-2-16(11-26(32)33)9-20(24)13-29/h1-10,12H,11,14-15H2,(H,32,33). The summed E-state index contributed by atoms with van der Waals surface area (Å²) < 4.78 is 7.39. The number of carbonyl (C=O) groups is 2. The smallest absolute Gasteiger partial charge is 0.307 e. The molecule has 0 radical (unpaired) electrons. The van der Waals surface area contributed by atoms with Gasteiger partial charge in [0.2, 0.25) is 0 Å². The number of carboxylic acid groups (broad SMARTS) is 1. The van der Waals surface area contributed by atoms with Crippen LogP contribution in [0.5, 0.6) is 0 Å². The third kappa shape index (κ3) is 5.13. The fourth-order valence-corrected chi connectivity index (χ4v) is 3.99. The van der Waals surface area contributed by atoms with E-state index in [1.807, 2.05) is 22.9 Å². The lowest BCUT2D eigenvalue weighted by atomic mass is 10.1. The van der Waals surface area contributed by atoms with Crippen molar-refractivity contribution in [3.8, 4) is 11.8 Å². The molecule has 34 heavy (non-hydrogen) atoms. The number of ether oxygens (including phenoxy) is 1. The van der Waals surface area contributed by atoms with Crippen molar-refractivity contribution in [3.05, 3.63) is 99.2 Å². The van der Waals surface area contributed by atoms with Crippen molar-refractivity contribution in [3.63, 3.8) is 0 Å². The number of carbonyl (C=O) groups excluding carboxylic acids is 1. The number of benzene rings is 3. The Morgan fingerprint density at radius 2 is 1.76 bits per heavy atom. The van der Waals surface area contributed by atoms with Gasteiger partial charge in [-0.25, -0.2) is 0 Å². The summed E-state index contributed by atoms with van der Waals surface area (Å²) in [7, 11) is 0. The van der Waals surface area contributed by atoms with Crippen molar-refractivity contribution < 1.29 is 19.4 Å². The number of hydrogen-bond acceptors (Lipinski definition) is 4. The van der Waals surface area contributed by atoms with E-state index in [0.717, 1.165) is 16.5 Å². The van der Waals surface area contributed by atoms with Crippen molar-refractivity contribution in [2.45, 2.75) is 13.0 Å². The predicted molar refractivity (Wildman–Crippen MR) is 130 cm³/mol. The second kappa shape index (κ2) is 10.1. The SMILES string of the molecule is N#Cc1cc(CC(=O)O)ccc1-n1ccc2cc(C(=O)COCc3ccc(Cl)c(Cl)c3)ccc21. The van der Waals surface area contributed by atoms with E-state index in [1.165, 1.54) is 0 Å². The molecule has 170 valence electrons. The number of rotatable bonds is 8. The Balaban J connectivity index is 1.50. The average Bonchev–Trinajstić information content (AvgIpc) is 3.24. The first-order valence-electron chi connectivity index (χ1n) is 10.3. The summed E-state index contributed by atoms with van der Waals surface area (Å²) in [6, 6.07) is 19.5. The molecule has 0 atom stereocenters. The maximum atomic E-state index is 12.6. The minimum absolute atomic E-state index is 0.0872. The van der Waals surface area contributed by atoms with Gasteiger partial charge < -0.3 is 14.4 Å².